The number of amides is 1. The molecule has 1 N–H and O–H groups in total. The highest BCUT2D eigenvalue weighted by molar-refractivity contribution is 5.92. The minimum absolute atomic E-state index is 0.0982. The SMILES string of the molecule is Cc1cccc(C(=O)N[C@H]2CCc3nc(C)cn3C2)n1. The second-order valence-corrected chi connectivity index (χ2v) is 5.32. The van der Waals surface area contributed by atoms with Gasteiger partial charge in [-0.2, -0.15) is 0 Å². The molecular weight excluding hydrogens is 252 g/mol. The van der Waals surface area contributed by atoms with Crippen molar-refractivity contribution in [1.82, 2.24) is 19.9 Å². The van der Waals surface area contributed by atoms with E-state index in [9.17, 15) is 4.79 Å². The molecule has 5 nitrogen and oxygen atoms in total. The van der Waals surface area contributed by atoms with Crippen molar-refractivity contribution in [2.45, 2.75) is 39.3 Å². The average Bonchev–Trinajstić information content (AvgIpc) is 2.78. The molecule has 1 atom stereocenters. The van der Waals surface area contributed by atoms with Crippen molar-refractivity contribution in [3.05, 3.63) is 47.3 Å². The highest BCUT2D eigenvalue weighted by atomic mass is 16.1. The Labute approximate surface area is 118 Å². The van der Waals surface area contributed by atoms with Gasteiger partial charge in [0.25, 0.3) is 5.91 Å². The van der Waals surface area contributed by atoms with Crippen LogP contribution in [0.1, 0.15) is 34.1 Å². The van der Waals surface area contributed by atoms with E-state index in [0.29, 0.717) is 5.69 Å². The molecule has 0 spiro atoms. The van der Waals surface area contributed by atoms with Gasteiger partial charge in [-0.1, -0.05) is 6.07 Å². The third-order valence-corrected chi connectivity index (χ3v) is 3.57. The van der Waals surface area contributed by atoms with Crippen LogP contribution in [-0.4, -0.2) is 26.5 Å². The Hall–Kier alpha value is -2.17. The van der Waals surface area contributed by atoms with Crippen molar-refractivity contribution in [2.24, 2.45) is 0 Å². The number of imidazole rings is 1. The van der Waals surface area contributed by atoms with E-state index >= 15 is 0 Å². The fraction of sp³-hybridized carbons (Fsp3) is 0.400. The molecule has 0 aliphatic carbocycles. The summed E-state index contributed by atoms with van der Waals surface area (Å²) < 4.78 is 2.13. The largest absolute Gasteiger partial charge is 0.346 e. The zero-order valence-corrected chi connectivity index (χ0v) is 11.8. The van der Waals surface area contributed by atoms with Crippen LogP contribution in [0.4, 0.5) is 0 Å². The molecule has 1 amide bonds. The molecule has 104 valence electrons. The second kappa shape index (κ2) is 5.07. The number of aromatic nitrogens is 3. The zero-order valence-electron chi connectivity index (χ0n) is 11.8. The normalized spacial score (nSPS) is 17.6. The van der Waals surface area contributed by atoms with Crippen molar-refractivity contribution in [3.63, 3.8) is 0 Å². The number of hydrogen-bond acceptors (Lipinski definition) is 3. The molecule has 3 heterocycles. The molecule has 2 aromatic heterocycles. The molecule has 5 heteroatoms. The van der Waals surface area contributed by atoms with Gasteiger partial charge in [0.2, 0.25) is 0 Å². The predicted molar refractivity (Wildman–Crippen MR) is 75.5 cm³/mol. The number of carbonyl (C=O) groups is 1. The van der Waals surface area contributed by atoms with Gasteiger partial charge in [0.1, 0.15) is 11.5 Å². The lowest BCUT2D eigenvalue weighted by atomic mass is 10.1. The summed E-state index contributed by atoms with van der Waals surface area (Å²) in [6, 6.07) is 5.64. The molecule has 0 unspecified atom stereocenters. The molecule has 1 aliphatic heterocycles. The van der Waals surface area contributed by atoms with E-state index in [1.54, 1.807) is 6.07 Å². The predicted octanol–water partition coefficient (Wildman–Crippen LogP) is 1.64. The monoisotopic (exact) mass is 270 g/mol. The Morgan fingerprint density at radius 2 is 2.15 bits per heavy atom. The molecule has 1 aliphatic rings. The van der Waals surface area contributed by atoms with E-state index in [1.807, 2.05) is 32.2 Å². The van der Waals surface area contributed by atoms with E-state index in [-0.39, 0.29) is 11.9 Å². The van der Waals surface area contributed by atoms with Crippen LogP contribution >= 0.6 is 0 Å². The first-order chi connectivity index (χ1) is 9.61. The summed E-state index contributed by atoms with van der Waals surface area (Å²) in [7, 11) is 0. The number of pyridine rings is 1. The van der Waals surface area contributed by atoms with Crippen LogP contribution in [0, 0.1) is 13.8 Å². The van der Waals surface area contributed by atoms with Gasteiger partial charge in [0.15, 0.2) is 0 Å². The summed E-state index contributed by atoms with van der Waals surface area (Å²) in [4.78, 5) is 20.9. The van der Waals surface area contributed by atoms with Gasteiger partial charge in [-0.25, -0.2) is 9.97 Å². The van der Waals surface area contributed by atoms with Crippen LogP contribution in [0.15, 0.2) is 24.4 Å². The maximum atomic E-state index is 12.2. The maximum Gasteiger partial charge on any atom is 0.270 e. The topological polar surface area (TPSA) is 59.8 Å². The Morgan fingerprint density at radius 3 is 2.95 bits per heavy atom. The highest BCUT2D eigenvalue weighted by Crippen LogP contribution is 2.15. The van der Waals surface area contributed by atoms with E-state index in [1.165, 1.54) is 0 Å². The van der Waals surface area contributed by atoms with Gasteiger partial charge in [-0.05, 0) is 32.4 Å². The van der Waals surface area contributed by atoms with Crippen molar-refractivity contribution in [1.29, 1.82) is 0 Å². The molecule has 0 aromatic carbocycles. The Balaban J connectivity index is 1.69. The molecule has 0 bridgehead atoms. The van der Waals surface area contributed by atoms with Crippen LogP contribution in [0.5, 0.6) is 0 Å². The maximum absolute atomic E-state index is 12.2. The van der Waals surface area contributed by atoms with Gasteiger partial charge in [0.05, 0.1) is 5.69 Å². The lowest BCUT2D eigenvalue weighted by Gasteiger charge is -2.24. The van der Waals surface area contributed by atoms with E-state index < -0.39 is 0 Å². The van der Waals surface area contributed by atoms with Crippen LogP contribution in [0.2, 0.25) is 0 Å². The van der Waals surface area contributed by atoms with Crippen molar-refractivity contribution < 1.29 is 4.79 Å². The first kappa shape index (κ1) is 12.8. The Kier molecular flexibility index (Phi) is 3.26. The number of aryl methyl sites for hydroxylation is 3. The summed E-state index contributed by atoms with van der Waals surface area (Å²) in [5, 5.41) is 3.06. The summed E-state index contributed by atoms with van der Waals surface area (Å²) in [6.45, 7) is 4.67. The van der Waals surface area contributed by atoms with Crippen molar-refractivity contribution in [3.8, 4) is 0 Å². The number of nitrogens with one attached hydrogen (secondary N) is 1. The van der Waals surface area contributed by atoms with Crippen molar-refractivity contribution in [2.75, 3.05) is 0 Å². The molecule has 0 saturated carbocycles. The number of fused-ring (bicyclic) bond motifs is 1. The van der Waals surface area contributed by atoms with E-state index in [0.717, 1.165) is 36.6 Å². The van der Waals surface area contributed by atoms with Gasteiger partial charge in [-0.3, -0.25) is 4.79 Å². The quantitative estimate of drug-likeness (QED) is 0.902. The lowest BCUT2D eigenvalue weighted by molar-refractivity contribution is 0.0922. The first-order valence-electron chi connectivity index (χ1n) is 6.89. The number of hydrogen-bond donors (Lipinski definition) is 1. The summed E-state index contributed by atoms with van der Waals surface area (Å²) in [6.07, 6.45) is 3.87. The fourth-order valence-corrected chi connectivity index (χ4v) is 2.63. The lowest BCUT2D eigenvalue weighted by Crippen LogP contribution is -2.41. The minimum atomic E-state index is -0.0982. The second-order valence-electron chi connectivity index (χ2n) is 5.32. The minimum Gasteiger partial charge on any atom is -0.346 e. The van der Waals surface area contributed by atoms with E-state index in [2.05, 4.69) is 19.9 Å². The van der Waals surface area contributed by atoms with E-state index in [4.69, 9.17) is 0 Å². The Bertz CT molecular complexity index is 647. The number of nitrogens with zero attached hydrogens (tertiary/aromatic N) is 3. The molecular formula is C15H18N4O. The fourth-order valence-electron chi connectivity index (χ4n) is 2.63. The number of carbonyl (C=O) groups excluding carboxylic acids is 1. The molecule has 20 heavy (non-hydrogen) atoms. The first-order valence-corrected chi connectivity index (χ1v) is 6.89. The molecule has 2 aromatic rings. The summed E-state index contributed by atoms with van der Waals surface area (Å²) >= 11 is 0. The number of rotatable bonds is 2. The molecule has 3 rings (SSSR count). The Morgan fingerprint density at radius 1 is 1.30 bits per heavy atom. The van der Waals surface area contributed by atoms with Gasteiger partial charge >= 0.3 is 0 Å². The average molecular weight is 270 g/mol. The van der Waals surface area contributed by atoms with Gasteiger partial charge in [-0.15, -0.1) is 0 Å². The van der Waals surface area contributed by atoms with Crippen LogP contribution in [0.25, 0.3) is 0 Å². The smallest absolute Gasteiger partial charge is 0.270 e. The molecule has 0 fully saturated rings. The van der Waals surface area contributed by atoms with Gasteiger partial charge in [0, 0.05) is 30.9 Å². The van der Waals surface area contributed by atoms with Gasteiger partial charge < -0.3 is 9.88 Å². The van der Waals surface area contributed by atoms with Crippen LogP contribution < -0.4 is 5.32 Å². The van der Waals surface area contributed by atoms with Crippen LogP contribution in [0.3, 0.4) is 0 Å². The van der Waals surface area contributed by atoms with Crippen LogP contribution in [-0.2, 0) is 13.0 Å². The third-order valence-electron chi connectivity index (χ3n) is 3.57. The molecule has 0 saturated heterocycles. The third kappa shape index (κ3) is 2.57. The standard InChI is InChI=1S/C15H18N4O/c1-10-4-3-5-13(16-10)15(20)18-12-6-7-14-17-11(2)8-19(14)9-12/h3-5,8,12H,6-7,9H2,1-2H3,(H,18,20)/t12-/m0/s1. The zero-order chi connectivity index (χ0) is 14.1. The summed E-state index contributed by atoms with van der Waals surface area (Å²) in [5.41, 5.74) is 2.37. The summed E-state index contributed by atoms with van der Waals surface area (Å²) in [5.74, 6) is 1.01. The van der Waals surface area contributed by atoms with Crippen molar-refractivity contribution >= 4 is 5.91 Å². The molecule has 0 radical (unpaired) electrons. The highest BCUT2D eigenvalue weighted by Gasteiger charge is 2.21.